The maximum atomic E-state index is 12.4. The normalized spacial score (nSPS) is 11.2. The largest absolute Gasteiger partial charge is 0.350 e. The van der Waals surface area contributed by atoms with Gasteiger partial charge in [0.05, 0.1) is 6.54 Å². The van der Waals surface area contributed by atoms with Crippen molar-refractivity contribution in [1.82, 2.24) is 10.6 Å². The molecule has 4 nitrogen and oxygen atoms in total. The summed E-state index contributed by atoms with van der Waals surface area (Å²) in [5.74, 6) is -0.355. The van der Waals surface area contributed by atoms with E-state index in [1.165, 1.54) is 0 Å². The van der Waals surface area contributed by atoms with Crippen LogP contribution in [0.25, 0.3) is 0 Å². The van der Waals surface area contributed by atoms with E-state index in [0.29, 0.717) is 6.42 Å². The molecule has 0 saturated heterocycles. The van der Waals surface area contributed by atoms with Crippen LogP contribution < -0.4 is 10.6 Å². The van der Waals surface area contributed by atoms with Crippen molar-refractivity contribution in [2.45, 2.75) is 38.6 Å². The van der Waals surface area contributed by atoms with E-state index >= 15 is 0 Å². The monoisotopic (exact) mass is 338 g/mol. The number of nitrogens with one attached hydrogen (secondary N) is 2. The molecule has 132 valence electrons. The van der Waals surface area contributed by atoms with Gasteiger partial charge in [-0.3, -0.25) is 9.59 Å². The standard InChI is InChI=1S/C21H26N2O2/c1-21(2,3)23-20(25)15-22-19(24)14-18(16-10-6-4-7-11-16)17-12-8-5-9-13-17/h4-13,18H,14-15H2,1-3H3,(H,22,24)(H,23,25). The summed E-state index contributed by atoms with van der Waals surface area (Å²) in [6.45, 7) is 5.72. The third-order valence-corrected chi connectivity index (χ3v) is 3.75. The summed E-state index contributed by atoms with van der Waals surface area (Å²) in [7, 11) is 0. The number of rotatable bonds is 6. The van der Waals surface area contributed by atoms with Gasteiger partial charge in [0.25, 0.3) is 0 Å². The Morgan fingerprint density at radius 2 is 1.32 bits per heavy atom. The first-order valence-corrected chi connectivity index (χ1v) is 8.53. The Kier molecular flexibility index (Phi) is 6.34. The number of carbonyl (C=O) groups excluding carboxylic acids is 2. The van der Waals surface area contributed by atoms with Crippen LogP contribution in [0.5, 0.6) is 0 Å². The Morgan fingerprint density at radius 3 is 1.76 bits per heavy atom. The molecule has 0 aliphatic heterocycles. The van der Waals surface area contributed by atoms with E-state index in [2.05, 4.69) is 10.6 Å². The molecular weight excluding hydrogens is 312 g/mol. The highest BCUT2D eigenvalue weighted by atomic mass is 16.2. The molecule has 2 rings (SSSR count). The van der Waals surface area contributed by atoms with Crippen LogP contribution in [0, 0.1) is 0 Å². The molecule has 0 aromatic heterocycles. The fraction of sp³-hybridized carbons (Fsp3) is 0.333. The van der Waals surface area contributed by atoms with Crippen molar-refractivity contribution < 1.29 is 9.59 Å². The lowest BCUT2D eigenvalue weighted by Crippen LogP contribution is -2.46. The summed E-state index contributed by atoms with van der Waals surface area (Å²) in [5.41, 5.74) is 1.87. The molecule has 0 spiro atoms. The van der Waals surface area contributed by atoms with Gasteiger partial charge in [0.1, 0.15) is 0 Å². The predicted molar refractivity (Wildman–Crippen MR) is 100 cm³/mol. The minimum Gasteiger partial charge on any atom is -0.350 e. The highest BCUT2D eigenvalue weighted by Crippen LogP contribution is 2.27. The molecule has 0 aliphatic rings. The molecule has 2 amide bonds. The van der Waals surface area contributed by atoms with E-state index in [-0.39, 0.29) is 29.8 Å². The highest BCUT2D eigenvalue weighted by Gasteiger charge is 2.19. The molecule has 4 heteroatoms. The zero-order valence-corrected chi connectivity index (χ0v) is 15.1. The zero-order chi connectivity index (χ0) is 18.3. The van der Waals surface area contributed by atoms with Crippen molar-refractivity contribution in [2.75, 3.05) is 6.54 Å². The predicted octanol–water partition coefficient (Wildman–Crippen LogP) is 3.24. The number of carbonyl (C=O) groups is 2. The quantitative estimate of drug-likeness (QED) is 0.849. The van der Waals surface area contributed by atoms with Gasteiger partial charge in [-0.2, -0.15) is 0 Å². The van der Waals surface area contributed by atoms with Gasteiger partial charge in [-0.25, -0.2) is 0 Å². The van der Waals surface area contributed by atoms with Gasteiger partial charge in [0.2, 0.25) is 11.8 Å². The molecule has 0 fully saturated rings. The maximum absolute atomic E-state index is 12.4. The van der Waals surface area contributed by atoms with Gasteiger partial charge >= 0.3 is 0 Å². The smallest absolute Gasteiger partial charge is 0.239 e. The molecule has 0 atom stereocenters. The van der Waals surface area contributed by atoms with Crippen molar-refractivity contribution in [3.05, 3.63) is 71.8 Å². The van der Waals surface area contributed by atoms with Crippen LogP contribution in [0.3, 0.4) is 0 Å². The minimum atomic E-state index is -0.307. The van der Waals surface area contributed by atoms with Gasteiger partial charge in [0.15, 0.2) is 0 Å². The van der Waals surface area contributed by atoms with Crippen molar-refractivity contribution in [3.63, 3.8) is 0 Å². The van der Waals surface area contributed by atoms with Crippen molar-refractivity contribution in [2.24, 2.45) is 0 Å². The van der Waals surface area contributed by atoms with E-state index in [4.69, 9.17) is 0 Å². The summed E-state index contributed by atoms with van der Waals surface area (Å²) >= 11 is 0. The molecular formula is C21H26N2O2. The molecule has 2 N–H and O–H groups in total. The summed E-state index contributed by atoms with van der Waals surface area (Å²) < 4.78 is 0. The van der Waals surface area contributed by atoms with Crippen LogP contribution in [0.4, 0.5) is 0 Å². The highest BCUT2D eigenvalue weighted by molar-refractivity contribution is 5.85. The van der Waals surface area contributed by atoms with Crippen LogP contribution in [0.1, 0.15) is 44.2 Å². The Balaban J connectivity index is 2.02. The van der Waals surface area contributed by atoms with Gasteiger partial charge in [-0.05, 0) is 31.9 Å². The molecule has 25 heavy (non-hydrogen) atoms. The second-order valence-electron chi connectivity index (χ2n) is 7.15. The number of benzene rings is 2. The Labute approximate surface area is 149 Å². The SMILES string of the molecule is CC(C)(C)NC(=O)CNC(=O)CC(c1ccccc1)c1ccccc1. The van der Waals surface area contributed by atoms with Gasteiger partial charge in [0, 0.05) is 17.9 Å². The van der Waals surface area contributed by atoms with Crippen molar-refractivity contribution in [1.29, 1.82) is 0 Å². The molecule has 0 bridgehead atoms. The first-order valence-electron chi connectivity index (χ1n) is 8.53. The van der Waals surface area contributed by atoms with Crippen LogP contribution in [0.2, 0.25) is 0 Å². The van der Waals surface area contributed by atoms with E-state index in [0.717, 1.165) is 11.1 Å². The van der Waals surface area contributed by atoms with Gasteiger partial charge in [-0.1, -0.05) is 60.7 Å². The number of hydrogen-bond acceptors (Lipinski definition) is 2. The average molecular weight is 338 g/mol. The second kappa shape index (κ2) is 8.47. The van der Waals surface area contributed by atoms with Gasteiger partial charge < -0.3 is 10.6 Å². The summed E-state index contributed by atoms with van der Waals surface area (Å²) in [4.78, 5) is 24.2. The van der Waals surface area contributed by atoms with E-state index in [1.807, 2.05) is 81.4 Å². The molecule has 0 aliphatic carbocycles. The van der Waals surface area contributed by atoms with Gasteiger partial charge in [-0.15, -0.1) is 0 Å². The van der Waals surface area contributed by atoms with Crippen LogP contribution in [-0.2, 0) is 9.59 Å². The van der Waals surface area contributed by atoms with Crippen LogP contribution in [-0.4, -0.2) is 23.9 Å². The average Bonchev–Trinajstić information content (AvgIpc) is 2.58. The van der Waals surface area contributed by atoms with E-state index < -0.39 is 0 Å². The van der Waals surface area contributed by atoms with Crippen LogP contribution >= 0.6 is 0 Å². The van der Waals surface area contributed by atoms with Crippen molar-refractivity contribution >= 4 is 11.8 Å². The lowest BCUT2D eigenvalue weighted by molar-refractivity contribution is -0.127. The minimum absolute atomic E-state index is 0.00754. The zero-order valence-electron chi connectivity index (χ0n) is 15.1. The van der Waals surface area contributed by atoms with Crippen LogP contribution in [0.15, 0.2) is 60.7 Å². The summed E-state index contributed by atoms with van der Waals surface area (Å²) in [6, 6.07) is 19.9. The lowest BCUT2D eigenvalue weighted by atomic mass is 9.88. The molecule has 0 heterocycles. The Bertz CT molecular complexity index is 651. The number of hydrogen-bond donors (Lipinski definition) is 2. The molecule has 2 aromatic rings. The lowest BCUT2D eigenvalue weighted by Gasteiger charge is -2.21. The van der Waals surface area contributed by atoms with Crippen molar-refractivity contribution in [3.8, 4) is 0 Å². The number of amides is 2. The fourth-order valence-corrected chi connectivity index (χ4v) is 2.70. The van der Waals surface area contributed by atoms with E-state index in [1.54, 1.807) is 0 Å². The fourth-order valence-electron chi connectivity index (χ4n) is 2.70. The Morgan fingerprint density at radius 1 is 0.840 bits per heavy atom. The molecule has 0 unspecified atom stereocenters. The third kappa shape index (κ3) is 6.42. The molecule has 2 aromatic carbocycles. The molecule has 0 radical (unpaired) electrons. The third-order valence-electron chi connectivity index (χ3n) is 3.75. The first-order chi connectivity index (χ1) is 11.8. The topological polar surface area (TPSA) is 58.2 Å². The summed E-state index contributed by atoms with van der Waals surface area (Å²) in [5, 5.41) is 5.56. The maximum Gasteiger partial charge on any atom is 0.239 e. The Hall–Kier alpha value is -2.62. The summed E-state index contributed by atoms with van der Waals surface area (Å²) in [6.07, 6.45) is 0.302. The second-order valence-corrected chi connectivity index (χ2v) is 7.15. The molecule has 0 saturated carbocycles. The van der Waals surface area contributed by atoms with E-state index in [9.17, 15) is 9.59 Å². The first kappa shape index (κ1) is 18.7.